The number of halogens is 1. The number of amides is 2. The molecule has 3 N–H and O–H groups in total. The van der Waals surface area contributed by atoms with Crippen LogP contribution in [0, 0.1) is 0 Å². The van der Waals surface area contributed by atoms with Gasteiger partial charge in [-0.2, -0.15) is 0 Å². The van der Waals surface area contributed by atoms with Gasteiger partial charge in [-0.25, -0.2) is 4.79 Å². The smallest absolute Gasteiger partial charge is 0.328 e. The van der Waals surface area contributed by atoms with Gasteiger partial charge in [-0.05, 0) is 23.8 Å². The Morgan fingerprint density at radius 3 is 2.62 bits per heavy atom. The van der Waals surface area contributed by atoms with E-state index in [4.69, 9.17) is 16.7 Å². The molecule has 0 aliphatic carbocycles. The van der Waals surface area contributed by atoms with E-state index in [2.05, 4.69) is 10.6 Å². The largest absolute Gasteiger partial charge is 0.478 e. The molecule has 0 bridgehead atoms. The Hall–Kier alpha value is -2.34. The molecule has 0 atom stereocenters. The average molecular weight is 311 g/mol. The van der Waals surface area contributed by atoms with Crippen LogP contribution in [0.3, 0.4) is 0 Å². The Bertz CT molecular complexity index is 584. The first-order valence-corrected chi connectivity index (χ1v) is 6.51. The fourth-order valence-corrected chi connectivity index (χ4v) is 1.72. The molecule has 0 spiro atoms. The van der Waals surface area contributed by atoms with Crippen LogP contribution < -0.4 is 10.6 Å². The second kappa shape index (κ2) is 8.06. The lowest BCUT2D eigenvalue weighted by Gasteiger charge is -2.06. The highest BCUT2D eigenvalue weighted by Gasteiger charge is 2.08. The van der Waals surface area contributed by atoms with Gasteiger partial charge in [0.25, 0.3) is 5.91 Å². The monoisotopic (exact) mass is 310 g/mol. The summed E-state index contributed by atoms with van der Waals surface area (Å²) in [6, 6.07) is 4.52. The molecule has 1 aromatic rings. The highest BCUT2D eigenvalue weighted by atomic mass is 35.5. The zero-order chi connectivity index (χ0) is 15.8. The first-order valence-electron chi connectivity index (χ1n) is 6.13. The lowest BCUT2D eigenvalue weighted by Crippen LogP contribution is -2.29. The third-order valence-corrected chi connectivity index (χ3v) is 2.91. The summed E-state index contributed by atoms with van der Waals surface area (Å²) in [7, 11) is 1.52. The summed E-state index contributed by atoms with van der Waals surface area (Å²) >= 11 is 5.98. The SMILES string of the molecule is CNC(=O)CCNC(=O)c1ccc(/C=C/C(=O)O)c(Cl)c1. The molecule has 1 rings (SSSR count). The molecular formula is C14H15ClN2O4. The van der Waals surface area contributed by atoms with E-state index in [1.165, 1.54) is 25.3 Å². The number of hydrogen-bond acceptors (Lipinski definition) is 3. The maximum absolute atomic E-state index is 11.8. The number of aliphatic carboxylic acids is 1. The minimum absolute atomic E-state index is 0.164. The fourth-order valence-electron chi connectivity index (χ4n) is 1.48. The first kappa shape index (κ1) is 16.7. The Kier molecular flexibility index (Phi) is 6.42. The van der Waals surface area contributed by atoms with Crippen LogP contribution in [0.5, 0.6) is 0 Å². The summed E-state index contributed by atoms with van der Waals surface area (Å²) < 4.78 is 0. The summed E-state index contributed by atoms with van der Waals surface area (Å²) in [4.78, 5) is 33.3. The fraction of sp³-hybridized carbons (Fsp3) is 0.214. The van der Waals surface area contributed by atoms with Gasteiger partial charge in [0, 0.05) is 36.7 Å². The van der Waals surface area contributed by atoms with E-state index in [-0.39, 0.29) is 29.8 Å². The van der Waals surface area contributed by atoms with Crippen LogP contribution in [0.15, 0.2) is 24.3 Å². The van der Waals surface area contributed by atoms with Crippen molar-refractivity contribution in [3.63, 3.8) is 0 Å². The predicted molar refractivity (Wildman–Crippen MR) is 79.1 cm³/mol. The summed E-state index contributed by atoms with van der Waals surface area (Å²) in [5.41, 5.74) is 0.838. The molecule has 112 valence electrons. The highest BCUT2D eigenvalue weighted by Crippen LogP contribution is 2.19. The second-order valence-corrected chi connectivity index (χ2v) is 4.49. The Labute approximate surface area is 126 Å². The van der Waals surface area contributed by atoms with Crippen LogP contribution in [-0.4, -0.2) is 36.5 Å². The maximum atomic E-state index is 11.8. The van der Waals surface area contributed by atoms with E-state index in [0.29, 0.717) is 11.1 Å². The summed E-state index contributed by atoms with van der Waals surface area (Å²) in [5, 5.41) is 13.9. The molecule has 0 saturated heterocycles. The average Bonchev–Trinajstić information content (AvgIpc) is 2.45. The van der Waals surface area contributed by atoms with Crippen molar-refractivity contribution in [3.05, 3.63) is 40.4 Å². The number of carbonyl (C=O) groups is 3. The highest BCUT2D eigenvalue weighted by molar-refractivity contribution is 6.32. The third-order valence-electron chi connectivity index (χ3n) is 2.58. The molecular weight excluding hydrogens is 296 g/mol. The van der Waals surface area contributed by atoms with Crippen molar-refractivity contribution < 1.29 is 19.5 Å². The molecule has 2 amide bonds. The van der Waals surface area contributed by atoms with Gasteiger partial charge in [-0.15, -0.1) is 0 Å². The van der Waals surface area contributed by atoms with Gasteiger partial charge in [-0.3, -0.25) is 9.59 Å². The van der Waals surface area contributed by atoms with E-state index < -0.39 is 5.97 Å². The number of carboxylic acid groups (broad SMARTS) is 1. The van der Waals surface area contributed by atoms with Gasteiger partial charge in [0.2, 0.25) is 5.91 Å². The molecule has 0 aromatic heterocycles. The van der Waals surface area contributed by atoms with Crippen molar-refractivity contribution in [1.29, 1.82) is 0 Å². The van der Waals surface area contributed by atoms with Crippen molar-refractivity contribution in [2.24, 2.45) is 0 Å². The lowest BCUT2D eigenvalue weighted by molar-refractivity contribution is -0.131. The predicted octanol–water partition coefficient (Wildman–Crippen LogP) is 1.30. The Morgan fingerprint density at radius 2 is 2.05 bits per heavy atom. The maximum Gasteiger partial charge on any atom is 0.328 e. The van der Waals surface area contributed by atoms with Gasteiger partial charge in [0.05, 0.1) is 0 Å². The quantitative estimate of drug-likeness (QED) is 0.690. The molecule has 0 aliphatic heterocycles. The van der Waals surface area contributed by atoms with E-state index >= 15 is 0 Å². The van der Waals surface area contributed by atoms with Gasteiger partial charge in [0.1, 0.15) is 0 Å². The molecule has 6 nitrogen and oxygen atoms in total. The topological polar surface area (TPSA) is 95.5 Å². The van der Waals surface area contributed by atoms with E-state index in [1.807, 2.05) is 0 Å². The molecule has 0 radical (unpaired) electrons. The van der Waals surface area contributed by atoms with E-state index in [9.17, 15) is 14.4 Å². The number of nitrogens with one attached hydrogen (secondary N) is 2. The second-order valence-electron chi connectivity index (χ2n) is 4.09. The van der Waals surface area contributed by atoms with Crippen LogP contribution in [0.25, 0.3) is 6.08 Å². The van der Waals surface area contributed by atoms with Gasteiger partial charge >= 0.3 is 5.97 Å². The van der Waals surface area contributed by atoms with E-state index in [0.717, 1.165) is 6.08 Å². The number of carbonyl (C=O) groups excluding carboxylic acids is 2. The number of benzene rings is 1. The van der Waals surface area contributed by atoms with Crippen LogP contribution in [0.2, 0.25) is 5.02 Å². The zero-order valence-electron chi connectivity index (χ0n) is 11.4. The molecule has 0 unspecified atom stereocenters. The van der Waals surface area contributed by atoms with Crippen LogP contribution in [-0.2, 0) is 9.59 Å². The summed E-state index contributed by atoms with van der Waals surface area (Å²) in [5.74, 6) is -1.60. The summed E-state index contributed by atoms with van der Waals surface area (Å²) in [6.07, 6.45) is 2.50. The number of carboxylic acids is 1. The number of rotatable bonds is 6. The van der Waals surface area contributed by atoms with Crippen molar-refractivity contribution in [2.45, 2.75) is 6.42 Å². The Morgan fingerprint density at radius 1 is 1.33 bits per heavy atom. The van der Waals surface area contributed by atoms with E-state index in [1.54, 1.807) is 6.07 Å². The summed E-state index contributed by atoms with van der Waals surface area (Å²) in [6.45, 7) is 0.219. The van der Waals surface area contributed by atoms with Crippen molar-refractivity contribution in [2.75, 3.05) is 13.6 Å². The molecule has 7 heteroatoms. The van der Waals surface area contributed by atoms with Crippen molar-refractivity contribution in [1.82, 2.24) is 10.6 Å². The minimum atomic E-state index is -1.08. The minimum Gasteiger partial charge on any atom is -0.478 e. The zero-order valence-corrected chi connectivity index (χ0v) is 12.1. The molecule has 0 heterocycles. The first-order chi connectivity index (χ1) is 9.93. The molecule has 0 aliphatic rings. The third kappa shape index (κ3) is 5.66. The standard InChI is InChI=1S/C14H15ClN2O4/c1-16-12(18)6-7-17-14(21)10-3-2-9(11(15)8-10)4-5-13(19)20/h2-5,8H,6-7H2,1H3,(H,16,18)(H,17,21)(H,19,20)/b5-4+. The molecule has 21 heavy (non-hydrogen) atoms. The van der Waals surface area contributed by atoms with Gasteiger partial charge in [0.15, 0.2) is 0 Å². The van der Waals surface area contributed by atoms with Crippen LogP contribution in [0.4, 0.5) is 0 Å². The van der Waals surface area contributed by atoms with Gasteiger partial charge < -0.3 is 15.7 Å². The van der Waals surface area contributed by atoms with Crippen molar-refractivity contribution >= 4 is 35.5 Å². The number of hydrogen-bond donors (Lipinski definition) is 3. The van der Waals surface area contributed by atoms with Crippen LogP contribution >= 0.6 is 11.6 Å². The Balaban J connectivity index is 2.68. The van der Waals surface area contributed by atoms with Crippen LogP contribution in [0.1, 0.15) is 22.3 Å². The van der Waals surface area contributed by atoms with Crippen molar-refractivity contribution in [3.8, 4) is 0 Å². The molecule has 0 fully saturated rings. The normalized spacial score (nSPS) is 10.4. The molecule has 0 saturated carbocycles. The molecule has 1 aromatic carbocycles. The van der Waals surface area contributed by atoms with Gasteiger partial charge in [-0.1, -0.05) is 17.7 Å². The lowest BCUT2D eigenvalue weighted by atomic mass is 10.1.